The zero-order valence-corrected chi connectivity index (χ0v) is 14.0. The van der Waals surface area contributed by atoms with Crippen molar-refractivity contribution in [3.63, 3.8) is 0 Å². The third-order valence-corrected chi connectivity index (χ3v) is 4.88. The maximum atomic E-state index is 12.9. The molecule has 120 valence electrons. The Morgan fingerprint density at radius 3 is 2.48 bits per heavy atom. The maximum Gasteiger partial charge on any atom is 0.166 e. The lowest BCUT2D eigenvalue weighted by atomic mass is 9.82. The minimum atomic E-state index is 0.211. The summed E-state index contributed by atoms with van der Waals surface area (Å²) in [5.74, 6) is 1.37. The molecule has 0 radical (unpaired) electrons. The highest BCUT2D eigenvalue weighted by atomic mass is 16.5. The summed E-state index contributed by atoms with van der Waals surface area (Å²) in [5.41, 5.74) is 4.13. The first-order chi connectivity index (χ1) is 11.2. The summed E-state index contributed by atoms with van der Waals surface area (Å²) in [5, 5.41) is 0. The van der Waals surface area contributed by atoms with Crippen molar-refractivity contribution in [3.8, 4) is 16.9 Å². The lowest BCUT2D eigenvalue weighted by Crippen LogP contribution is -2.18. The van der Waals surface area contributed by atoms with E-state index in [4.69, 9.17) is 4.74 Å². The van der Waals surface area contributed by atoms with Crippen LogP contribution in [0.2, 0.25) is 0 Å². The Kier molecular flexibility index (Phi) is 4.80. The van der Waals surface area contributed by atoms with Crippen molar-refractivity contribution in [2.45, 2.75) is 39.0 Å². The van der Waals surface area contributed by atoms with Crippen LogP contribution in [0.5, 0.6) is 5.75 Å². The molecule has 1 fully saturated rings. The largest absolute Gasteiger partial charge is 0.497 e. The molecule has 2 nitrogen and oxygen atoms in total. The topological polar surface area (TPSA) is 26.3 Å². The molecule has 0 atom stereocenters. The number of carbonyl (C=O) groups is 1. The van der Waals surface area contributed by atoms with E-state index in [0.29, 0.717) is 5.78 Å². The van der Waals surface area contributed by atoms with Crippen LogP contribution in [0.25, 0.3) is 11.1 Å². The van der Waals surface area contributed by atoms with Crippen LogP contribution in [0.3, 0.4) is 0 Å². The summed E-state index contributed by atoms with van der Waals surface area (Å²) < 4.78 is 5.31. The molecule has 0 unspecified atom stereocenters. The first-order valence-electron chi connectivity index (χ1n) is 8.48. The van der Waals surface area contributed by atoms with Crippen molar-refractivity contribution >= 4 is 5.78 Å². The van der Waals surface area contributed by atoms with Gasteiger partial charge in [-0.25, -0.2) is 0 Å². The summed E-state index contributed by atoms with van der Waals surface area (Å²) in [6, 6.07) is 14.2. The van der Waals surface area contributed by atoms with Gasteiger partial charge in [0.05, 0.1) is 7.11 Å². The third kappa shape index (κ3) is 3.47. The zero-order chi connectivity index (χ0) is 16.2. The van der Waals surface area contributed by atoms with Crippen molar-refractivity contribution in [2.24, 2.45) is 5.92 Å². The molecule has 0 bridgehead atoms. The van der Waals surface area contributed by atoms with Gasteiger partial charge in [-0.15, -0.1) is 0 Å². The number of hydrogen-bond donors (Lipinski definition) is 0. The molecule has 0 spiro atoms. The van der Waals surface area contributed by atoms with E-state index in [1.807, 2.05) is 25.1 Å². The smallest absolute Gasteiger partial charge is 0.166 e. The number of benzene rings is 2. The number of ether oxygens (including phenoxy) is 1. The number of ketones is 1. The lowest BCUT2D eigenvalue weighted by Gasteiger charge is -2.21. The van der Waals surface area contributed by atoms with Crippen LogP contribution in [0, 0.1) is 12.8 Å². The second-order valence-electron chi connectivity index (χ2n) is 6.46. The number of rotatable bonds is 4. The molecule has 0 saturated heterocycles. The fraction of sp³-hybridized carbons (Fsp3) is 0.381. The van der Waals surface area contributed by atoms with E-state index < -0.39 is 0 Å². The standard InChI is InChI=1S/C21H24O2/c1-15-11-12-18(17-9-6-10-19(13-17)23-2)14-20(15)21(22)16-7-4-3-5-8-16/h6,9-14,16H,3-5,7-8H2,1-2H3. The van der Waals surface area contributed by atoms with Crippen molar-refractivity contribution in [3.05, 3.63) is 53.6 Å². The molecule has 1 saturated carbocycles. The van der Waals surface area contributed by atoms with Gasteiger partial charge in [-0.1, -0.05) is 43.5 Å². The molecule has 23 heavy (non-hydrogen) atoms. The Bertz CT molecular complexity index is 697. The van der Waals surface area contributed by atoms with E-state index in [1.54, 1.807) is 7.11 Å². The van der Waals surface area contributed by atoms with Gasteiger partial charge in [0.15, 0.2) is 5.78 Å². The van der Waals surface area contributed by atoms with Crippen LogP contribution >= 0.6 is 0 Å². The number of Topliss-reactive ketones (excluding diaryl/α,β-unsaturated/α-hetero) is 1. The Balaban J connectivity index is 1.93. The van der Waals surface area contributed by atoms with Crippen LogP contribution < -0.4 is 4.74 Å². The predicted octanol–water partition coefficient (Wildman–Crippen LogP) is 5.43. The summed E-state index contributed by atoms with van der Waals surface area (Å²) >= 11 is 0. The van der Waals surface area contributed by atoms with Crippen LogP contribution in [0.4, 0.5) is 0 Å². The van der Waals surface area contributed by atoms with Crippen molar-refractivity contribution in [1.82, 2.24) is 0 Å². The minimum Gasteiger partial charge on any atom is -0.497 e. The minimum absolute atomic E-state index is 0.211. The van der Waals surface area contributed by atoms with Gasteiger partial charge in [0.25, 0.3) is 0 Å². The number of hydrogen-bond acceptors (Lipinski definition) is 2. The molecule has 2 heteroatoms. The third-order valence-electron chi connectivity index (χ3n) is 4.88. The Morgan fingerprint density at radius 1 is 1.00 bits per heavy atom. The molecular formula is C21H24O2. The second-order valence-corrected chi connectivity index (χ2v) is 6.46. The molecule has 3 rings (SSSR count). The molecule has 2 aromatic carbocycles. The molecule has 0 N–H and O–H groups in total. The Labute approximate surface area is 138 Å². The quantitative estimate of drug-likeness (QED) is 0.704. The van der Waals surface area contributed by atoms with E-state index in [2.05, 4.69) is 24.3 Å². The highest BCUT2D eigenvalue weighted by Crippen LogP contribution is 2.31. The number of methoxy groups -OCH3 is 1. The molecule has 2 aromatic rings. The van der Waals surface area contributed by atoms with E-state index in [1.165, 1.54) is 19.3 Å². The monoisotopic (exact) mass is 308 g/mol. The van der Waals surface area contributed by atoms with Gasteiger partial charge in [-0.2, -0.15) is 0 Å². The molecule has 0 aromatic heterocycles. The summed E-state index contributed by atoms with van der Waals surface area (Å²) in [6.45, 7) is 2.03. The number of aryl methyl sites for hydroxylation is 1. The first kappa shape index (κ1) is 15.8. The van der Waals surface area contributed by atoms with Crippen LogP contribution in [0.1, 0.15) is 48.0 Å². The van der Waals surface area contributed by atoms with Gasteiger partial charge in [0.1, 0.15) is 5.75 Å². The SMILES string of the molecule is COc1cccc(-c2ccc(C)c(C(=O)C3CCCCC3)c2)c1. The fourth-order valence-electron chi connectivity index (χ4n) is 3.45. The van der Waals surface area contributed by atoms with E-state index in [-0.39, 0.29) is 5.92 Å². The van der Waals surface area contributed by atoms with Crippen molar-refractivity contribution in [1.29, 1.82) is 0 Å². The maximum absolute atomic E-state index is 12.9. The van der Waals surface area contributed by atoms with Gasteiger partial charge < -0.3 is 4.74 Å². The Morgan fingerprint density at radius 2 is 1.74 bits per heavy atom. The lowest BCUT2D eigenvalue weighted by molar-refractivity contribution is 0.0889. The van der Waals surface area contributed by atoms with Gasteiger partial charge in [0, 0.05) is 11.5 Å². The van der Waals surface area contributed by atoms with Crippen LogP contribution in [0.15, 0.2) is 42.5 Å². The normalized spacial score (nSPS) is 15.4. The predicted molar refractivity (Wildman–Crippen MR) is 94.1 cm³/mol. The molecule has 1 aliphatic carbocycles. The molecular weight excluding hydrogens is 284 g/mol. The molecule has 1 aliphatic rings. The second kappa shape index (κ2) is 6.99. The average molecular weight is 308 g/mol. The number of carbonyl (C=O) groups excluding carboxylic acids is 1. The molecule has 0 aliphatic heterocycles. The molecule has 0 heterocycles. The summed E-state index contributed by atoms with van der Waals surface area (Å²) in [6.07, 6.45) is 5.73. The van der Waals surface area contributed by atoms with E-state index >= 15 is 0 Å². The Hall–Kier alpha value is -2.09. The van der Waals surface area contributed by atoms with Crippen molar-refractivity contribution < 1.29 is 9.53 Å². The summed E-state index contributed by atoms with van der Waals surface area (Å²) in [7, 11) is 1.67. The van der Waals surface area contributed by atoms with Crippen molar-refractivity contribution in [2.75, 3.05) is 7.11 Å². The summed E-state index contributed by atoms with van der Waals surface area (Å²) in [4.78, 5) is 12.9. The van der Waals surface area contributed by atoms with Gasteiger partial charge in [-0.3, -0.25) is 4.79 Å². The van der Waals surface area contributed by atoms with Gasteiger partial charge in [0.2, 0.25) is 0 Å². The highest BCUT2D eigenvalue weighted by Gasteiger charge is 2.23. The van der Waals surface area contributed by atoms with Gasteiger partial charge in [-0.05, 0) is 54.7 Å². The van der Waals surface area contributed by atoms with E-state index in [9.17, 15) is 4.79 Å². The zero-order valence-electron chi connectivity index (χ0n) is 14.0. The fourth-order valence-corrected chi connectivity index (χ4v) is 3.45. The highest BCUT2D eigenvalue weighted by molar-refractivity contribution is 6.00. The average Bonchev–Trinajstić information content (AvgIpc) is 2.62. The first-order valence-corrected chi connectivity index (χ1v) is 8.48. The molecule has 0 amide bonds. The van der Waals surface area contributed by atoms with Gasteiger partial charge >= 0.3 is 0 Å². The van der Waals surface area contributed by atoms with Crippen LogP contribution in [-0.2, 0) is 0 Å². The van der Waals surface area contributed by atoms with E-state index in [0.717, 1.165) is 40.8 Å². The van der Waals surface area contributed by atoms with Crippen LogP contribution in [-0.4, -0.2) is 12.9 Å².